The summed E-state index contributed by atoms with van der Waals surface area (Å²) in [5, 5.41) is 3.10. The average molecular weight is 408 g/mol. The fraction of sp³-hybridized carbons (Fsp3) is 0.0417. The summed E-state index contributed by atoms with van der Waals surface area (Å²) in [7, 11) is 0. The van der Waals surface area contributed by atoms with E-state index in [0.717, 1.165) is 44.7 Å². The lowest BCUT2D eigenvalue weighted by Gasteiger charge is -2.16. The molecule has 1 amide bonds. The molecule has 152 valence electrons. The summed E-state index contributed by atoms with van der Waals surface area (Å²) in [6.45, 7) is 0. The van der Waals surface area contributed by atoms with Gasteiger partial charge in [-0.2, -0.15) is 0 Å². The van der Waals surface area contributed by atoms with E-state index in [1.165, 1.54) is 18.5 Å². The van der Waals surface area contributed by atoms with Crippen LogP contribution in [0.2, 0.25) is 0 Å². The van der Waals surface area contributed by atoms with Crippen molar-refractivity contribution in [3.05, 3.63) is 96.1 Å². The van der Waals surface area contributed by atoms with Gasteiger partial charge in [-0.15, -0.1) is 0 Å². The molecule has 0 radical (unpaired) electrons. The summed E-state index contributed by atoms with van der Waals surface area (Å²) >= 11 is 0. The number of aromatic nitrogens is 3. The van der Waals surface area contributed by atoms with E-state index in [4.69, 9.17) is 16.5 Å². The maximum absolute atomic E-state index is 12.8. The number of benzene rings is 2. The Bertz CT molecular complexity index is 1330. The molecular formula is C24H20N6O. The molecule has 0 aliphatic heterocycles. The molecule has 5 rings (SSSR count). The number of carbonyl (C=O) groups excluding carboxylic acids is 1. The van der Waals surface area contributed by atoms with Crippen LogP contribution in [0.15, 0.2) is 85.0 Å². The highest BCUT2D eigenvalue weighted by Gasteiger charge is 2.32. The second-order valence-corrected chi connectivity index (χ2v) is 7.22. The zero-order chi connectivity index (χ0) is 21.4. The van der Waals surface area contributed by atoms with Crippen LogP contribution in [0.3, 0.4) is 0 Å². The number of aromatic amines is 1. The van der Waals surface area contributed by atoms with Crippen LogP contribution < -0.4 is 16.8 Å². The van der Waals surface area contributed by atoms with Gasteiger partial charge in [0, 0.05) is 18.0 Å². The minimum Gasteiger partial charge on any atom is -0.405 e. The van der Waals surface area contributed by atoms with E-state index in [0.29, 0.717) is 5.57 Å². The number of nitrogens with zero attached hydrogens (tertiary/aromatic N) is 2. The normalized spacial score (nSPS) is 15.2. The first-order valence-electron chi connectivity index (χ1n) is 9.84. The largest absolute Gasteiger partial charge is 0.405 e. The summed E-state index contributed by atoms with van der Waals surface area (Å²) in [6.07, 6.45) is 7.51. The van der Waals surface area contributed by atoms with E-state index in [-0.39, 0.29) is 11.9 Å². The summed E-state index contributed by atoms with van der Waals surface area (Å²) < 4.78 is 0. The molecule has 0 saturated carbocycles. The Labute approximate surface area is 178 Å². The van der Waals surface area contributed by atoms with Crippen LogP contribution in [0, 0.1) is 0 Å². The van der Waals surface area contributed by atoms with Crippen molar-refractivity contribution in [1.82, 2.24) is 20.3 Å². The first kappa shape index (κ1) is 18.6. The number of imidazole rings is 1. The fourth-order valence-electron chi connectivity index (χ4n) is 4.12. The number of pyridine rings is 1. The SMILES string of the molecule is N/C=C\C(=C/N)C(=O)NC1c2ccccc2-c2c(-c3nc4ccncc4[nH]3)cccc21. The van der Waals surface area contributed by atoms with Gasteiger partial charge in [0.1, 0.15) is 5.82 Å². The lowest BCUT2D eigenvalue weighted by molar-refractivity contribution is -0.117. The number of nitrogens with two attached hydrogens (primary N) is 2. The highest BCUT2D eigenvalue weighted by molar-refractivity contribution is 5.98. The molecule has 7 nitrogen and oxygen atoms in total. The second kappa shape index (κ2) is 7.46. The van der Waals surface area contributed by atoms with E-state index in [9.17, 15) is 4.79 Å². The van der Waals surface area contributed by atoms with Crippen LogP contribution in [-0.2, 0) is 4.79 Å². The van der Waals surface area contributed by atoms with Gasteiger partial charge in [0.25, 0.3) is 5.91 Å². The van der Waals surface area contributed by atoms with Gasteiger partial charge in [-0.05, 0) is 40.6 Å². The Hall–Kier alpha value is -4.39. The van der Waals surface area contributed by atoms with Crippen molar-refractivity contribution >= 4 is 16.9 Å². The van der Waals surface area contributed by atoms with Gasteiger partial charge in [-0.25, -0.2) is 4.98 Å². The molecular weight excluding hydrogens is 388 g/mol. The first-order chi connectivity index (χ1) is 15.2. The van der Waals surface area contributed by atoms with Crippen LogP contribution >= 0.6 is 0 Å². The molecule has 2 heterocycles. The molecule has 0 spiro atoms. The second-order valence-electron chi connectivity index (χ2n) is 7.22. The number of carbonyl (C=O) groups is 1. The van der Waals surface area contributed by atoms with Crippen LogP contribution in [0.25, 0.3) is 33.5 Å². The van der Waals surface area contributed by atoms with Crippen molar-refractivity contribution in [2.75, 3.05) is 0 Å². The number of amides is 1. The van der Waals surface area contributed by atoms with Crippen LogP contribution in [0.1, 0.15) is 17.2 Å². The molecule has 0 fully saturated rings. The van der Waals surface area contributed by atoms with Crippen molar-refractivity contribution in [3.63, 3.8) is 0 Å². The number of hydrogen-bond acceptors (Lipinski definition) is 5. The standard InChI is InChI=1S/C24H20N6O/c25-10-8-14(12-26)24(31)30-22-16-5-2-1-4-15(16)21-17(22)6-3-7-18(21)23-28-19-9-11-27-13-20(19)29-23/h1-13,22H,25-26H2,(H,28,29)(H,30,31)/b10-8-,14-12+. The Morgan fingerprint density at radius 2 is 1.84 bits per heavy atom. The third kappa shape index (κ3) is 3.03. The first-order valence-corrected chi connectivity index (χ1v) is 9.84. The van der Waals surface area contributed by atoms with Crippen LogP contribution in [-0.4, -0.2) is 20.9 Å². The monoisotopic (exact) mass is 408 g/mol. The number of rotatable bonds is 4. The van der Waals surface area contributed by atoms with Crippen LogP contribution in [0.5, 0.6) is 0 Å². The van der Waals surface area contributed by atoms with Crippen molar-refractivity contribution in [2.24, 2.45) is 11.5 Å². The summed E-state index contributed by atoms with van der Waals surface area (Å²) in [6, 6.07) is 15.7. The predicted molar refractivity (Wildman–Crippen MR) is 120 cm³/mol. The van der Waals surface area contributed by atoms with Crippen molar-refractivity contribution < 1.29 is 4.79 Å². The number of hydrogen-bond donors (Lipinski definition) is 4. The summed E-state index contributed by atoms with van der Waals surface area (Å²) in [4.78, 5) is 25.1. The quantitative estimate of drug-likeness (QED) is 0.305. The third-order valence-corrected chi connectivity index (χ3v) is 5.48. The molecule has 7 heteroatoms. The Balaban J connectivity index is 1.65. The Kier molecular flexibility index (Phi) is 4.48. The van der Waals surface area contributed by atoms with E-state index >= 15 is 0 Å². The predicted octanol–water partition coefficient (Wildman–Crippen LogP) is 3.13. The molecule has 0 saturated heterocycles. The fourth-order valence-corrected chi connectivity index (χ4v) is 4.12. The van der Waals surface area contributed by atoms with Crippen molar-refractivity contribution in [1.29, 1.82) is 0 Å². The molecule has 1 aliphatic rings. The Morgan fingerprint density at radius 3 is 2.65 bits per heavy atom. The summed E-state index contributed by atoms with van der Waals surface area (Å²) in [5.41, 5.74) is 18.2. The zero-order valence-corrected chi connectivity index (χ0v) is 16.5. The van der Waals surface area contributed by atoms with E-state index in [1.807, 2.05) is 42.5 Å². The summed E-state index contributed by atoms with van der Waals surface area (Å²) in [5.74, 6) is 0.465. The minimum absolute atomic E-state index is 0.294. The van der Waals surface area contributed by atoms with Gasteiger partial charge in [-0.3, -0.25) is 9.78 Å². The maximum Gasteiger partial charge on any atom is 0.253 e. The molecule has 6 N–H and O–H groups in total. The molecule has 2 aromatic heterocycles. The number of nitrogens with one attached hydrogen (secondary N) is 2. The number of fused-ring (bicyclic) bond motifs is 4. The molecule has 1 aliphatic carbocycles. The van der Waals surface area contributed by atoms with Gasteiger partial charge < -0.3 is 21.8 Å². The maximum atomic E-state index is 12.8. The van der Waals surface area contributed by atoms with E-state index in [1.54, 1.807) is 12.4 Å². The zero-order valence-electron chi connectivity index (χ0n) is 16.5. The molecule has 1 atom stereocenters. The van der Waals surface area contributed by atoms with E-state index < -0.39 is 0 Å². The van der Waals surface area contributed by atoms with Crippen molar-refractivity contribution in [2.45, 2.75) is 6.04 Å². The highest BCUT2D eigenvalue weighted by atomic mass is 16.1. The van der Waals surface area contributed by atoms with Crippen LogP contribution in [0.4, 0.5) is 0 Å². The topological polar surface area (TPSA) is 123 Å². The smallest absolute Gasteiger partial charge is 0.253 e. The van der Waals surface area contributed by atoms with Gasteiger partial charge >= 0.3 is 0 Å². The Morgan fingerprint density at radius 1 is 1.03 bits per heavy atom. The molecule has 4 aromatic rings. The van der Waals surface area contributed by atoms with Gasteiger partial charge in [0.05, 0.1) is 28.8 Å². The van der Waals surface area contributed by atoms with Crippen molar-refractivity contribution in [3.8, 4) is 22.5 Å². The minimum atomic E-state index is -0.314. The van der Waals surface area contributed by atoms with Gasteiger partial charge in [0.15, 0.2) is 0 Å². The van der Waals surface area contributed by atoms with E-state index in [2.05, 4.69) is 21.4 Å². The lowest BCUT2D eigenvalue weighted by atomic mass is 9.98. The molecule has 0 bridgehead atoms. The lowest BCUT2D eigenvalue weighted by Crippen LogP contribution is -2.29. The molecule has 31 heavy (non-hydrogen) atoms. The highest BCUT2D eigenvalue weighted by Crippen LogP contribution is 2.47. The molecule has 2 aromatic carbocycles. The average Bonchev–Trinajstić information content (AvgIpc) is 3.37. The number of H-pyrrole nitrogens is 1. The third-order valence-electron chi connectivity index (χ3n) is 5.48. The molecule has 1 unspecified atom stereocenters. The van der Waals surface area contributed by atoms with Gasteiger partial charge in [0.2, 0.25) is 0 Å². The van der Waals surface area contributed by atoms with Gasteiger partial charge in [-0.1, -0.05) is 42.5 Å².